The van der Waals surface area contributed by atoms with Gasteiger partial charge < -0.3 is 10.3 Å². The molecular weight excluding hydrogens is 218 g/mol. The Morgan fingerprint density at radius 3 is 3.00 bits per heavy atom. The molecule has 0 atom stereocenters. The van der Waals surface area contributed by atoms with Crippen molar-refractivity contribution < 1.29 is 0 Å². The van der Waals surface area contributed by atoms with E-state index in [9.17, 15) is 0 Å². The minimum Gasteiger partial charge on any atom is -0.313 e. The van der Waals surface area contributed by atoms with E-state index in [0.29, 0.717) is 0 Å². The number of hydrogen-bond acceptors (Lipinski definition) is 7. The Balaban J connectivity index is 2.24. The van der Waals surface area contributed by atoms with Gasteiger partial charge in [-0.2, -0.15) is 11.8 Å². The van der Waals surface area contributed by atoms with Gasteiger partial charge in [0.15, 0.2) is 0 Å². The Bertz CT molecular complexity index is 262. The Labute approximate surface area is 92.2 Å². The van der Waals surface area contributed by atoms with E-state index in [0.717, 1.165) is 28.7 Å². The molecule has 1 rings (SSSR count). The van der Waals surface area contributed by atoms with Gasteiger partial charge in [0.2, 0.25) is 0 Å². The Morgan fingerprint density at radius 1 is 1.57 bits per heavy atom. The first-order chi connectivity index (χ1) is 6.74. The third-order valence-electron chi connectivity index (χ3n) is 1.61. The summed E-state index contributed by atoms with van der Waals surface area (Å²) >= 11 is 3.13. The van der Waals surface area contributed by atoms with Crippen molar-refractivity contribution in [2.75, 3.05) is 31.8 Å². The largest absolute Gasteiger partial charge is 0.313 e. The molecule has 14 heavy (non-hydrogen) atoms. The van der Waals surface area contributed by atoms with Gasteiger partial charge in [0.25, 0.3) is 0 Å². The maximum atomic E-state index is 5.31. The fourth-order valence-electron chi connectivity index (χ4n) is 0.829. The SMILES string of the molecule is CN(C)CCSCc1nnsc1NN. The molecule has 1 aromatic rings. The van der Waals surface area contributed by atoms with Crippen LogP contribution in [0.3, 0.4) is 0 Å². The van der Waals surface area contributed by atoms with Crippen molar-refractivity contribution in [3.8, 4) is 0 Å². The van der Waals surface area contributed by atoms with Crippen LogP contribution in [0, 0.1) is 0 Å². The number of hydrogen-bond donors (Lipinski definition) is 2. The molecular formula is C7H15N5S2. The van der Waals surface area contributed by atoms with Crippen molar-refractivity contribution in [2.24, 2.45) is 5.84 Å². The molecule has 0 aromatic carbocycles. The van der Waals surface area contributed by atoms with E-state index in [1.807, 2.05) is 11.8 Å². The molecule has 5 nitrogen and oxygen atoms in total. The number of nitrogens with zero attached hydrogens (tertiary/aromatic N) is 3. The summed E-state index contributed by atoms with van der Waals surface area (Å²) in [4.78, 5) is 2.16. The van der Waals surface area contributed by atoms with Gasteiger partial charge in [0.05, 0.1) is 0 Å². The Morgan fingerprint density at radius 2 is 2.36 bits per heavy atom. The van der Waals surface area contributed by atoms with E-state index in [4.69, 9.17) is 5.84 Å². The summed E-state index contributed by atoms with van der Waals surface area (Å²) in [5, 5.41) is 4.86. The predicted molar refractivity (Wildman–Crippen MR) is 62.4 cm³/mol. The van der Waals surface area contributed by atoms with E-state index in [-0.39, 0.29) is 0 Å². The molecule has 0 spiro atoms. The van der Waals surface area contributed by atoms with Crippen molar-refractivity contribution in [1.82, 2.24) is 14.5 Å². The molecule has 0 aliphatic heterocycles. The van der Waals surface area contributed by atoms with Crippen LogP contribution in [0.4, 0.5) is 5.00 Å². The molecule has 7 heteroatoms. The molecule has 80 valence electrons. The lowest BCUT2D eigenvalue weighted by Gasteiger charge is -2.07. The van der Waals surface area contributed by atoms with Gasteiger partial charge in [-0.3, -0.25) is 0 Å². The van der Waals surface area contributed by atoms with Crippen molar-refractivity contribution in [3.05, 3.63) is 5.69 Å². The van der Waals surface area contributed by atoms with Crippen LogP contribution in [-0.2, 0) is 5.75 Å². The molecule has 0 saturated carbocycles. The van der Waals surface area contributed by atoms with Crippen LogP contribution < -0.4 is 11.3 Å². The molecule has 0 saturated heterocycles. The summed E-state index contributed by atoms with van der Waals surface area (Å²) < 4.78 is 3.83. The molecule has 0 amide bonds. The smallest absolute Gasteiger partial charge is 0.148 e. The quantitative estimate of drug-likeness (QED) is 0.426. The molecule has 0 radical (unpaired) electrons. The Hall–Kier alpha value is -0.370. The predicted octanol–water partition coefficient (Wildman–Crippen LogP) is 0.619. The van der Waals surface area contributed by atoms with Crippen molar-refractivity contribution in [3.63, 3.8) is 0 Å². The monoisotopic (exact) mass is 233 g/mol. The van der Waals surface area contributed by atoms with Crippen LogP contribution in [0.2, 0.25) is 0 Å². The lowest BCUT2D eigenvalue weighted by molar-refractivity contribution is 0.437. The lowest BCUT2D eigenvalue weighted by atomic mass is 10.5. The van der Waals surface area contributed by atoms with Crippen LogP contribution in [0.5, 0.6) is 0 Å². The number of thioether (sulfide) groups is 1. The minimum atomic E-state index is 0.863. The van der Waals surface area contributed by atoms with Gasteiger partial charge in [0.1, 0.15) is 10.7 Å². The highest BCUT2D eigenvalue weighted by molar-refractivity contribution is 7.98. The molecule has 1 aromatic heterocycles. The number of nitrogens with two attached hydrogens (primary N) is 1. The van der Waals surface area contributed by atoms with Gasteiger partial charge in [0, 0.05) is 29.6 Å². The fourth-order valence-corrected chi connectivity index (χ4v) is 2.45. The number of anilines is 1. The lowest BCUT2D eigenvalue weighted by Crippen LogP contribution is -2.15. The van der Waals surface area contributed by atoms with Crippen molar-refractivity contribution in [1.29, 1.82) is 0 Å². The van der Waals surface area contributed by atoms with Crippen LogP contribution in [-0.4, -0.2) is 40.9 Å². The van der Waals surface area contributed by atoms with Crippen LogP contribution in [0.25, 0.3) is 0 Å². The number of aromatic nitrogens is 2. The summed E-state index contributed by atoms with van der Waals surface area (Å²) in [7, 11) is 4.13. The second kappa shape index (κ2) is 6.18. The van der Waals surface area contributed by atoms with Gasteiger partial charge in [-0.15, -0.1) is 5.10 Å². The zero-order valence-electron chi connectivity index (χ0n) is 8.36. The Kier molecular flexibility index (Phi) is 5.16. The summed E-state index contributed by atoms with van der Waals surface area (Å²) in [6, 6.07) is 0. The van der Waals surface area contributed by atoms with E-state index in [1.165, 1.54) is 11.5 Å². The van der Waals surface area contributed by atoms with Crippen LogP contribution in [0.15, 0.2) is 0 Å². The van der Waals surface area contributed by atoms with Gasteiger partial charge in [-0.05, 0) is 14.1 Å². The second-order valence-electron chi connectivity index (χ2n) is 3.05. The number of rotatable bonds is 6. The highest BCUT2D eigenvalue weighted by atomic mass is 32.2. The maximum absolute atomic E-state index is 5.31. The van der Waals surface area contributed by atoms with E-state index < -0.39 is 0 Å². The highest BCUT2D eigenvalue weighted by Gasteiger charge is 2.05. The first-order valence-electron chi connectivity index (χ1n) is 4.24. The summed E-state index contributed by atoms with van der Waals surface area (Å²) in [6.45, 7) is 1.08. The average Bonchev–Trinajstić information content (AvgIpc) is 2.59. The second-order valence-corrected chi connectivity index (χ2v) is 4.91. The zero-order valence-corrected chi connectivity index (χ0v) is 9.99. The molecule has 1 heterocycles. The molecule has 0 bridgehead atoms. The fraction of sp³-hybridized carbons (Fsp3) is 0.714. The topological polar surface area (TPSA) is 67.1 Å². The normalized spacial score (nSPS) is 10.9. The summed E-state index contributed by atoms with van der Waals surface area (Å²) in [6.07, 6.45) is 0. The van der Waals surface area contributed by atoms with E-state index in [1.54, 1.807) is 0 Å². The van der Waals surface area contributed by atoms with E-state index >= 15 is 0 Å². The standard InChI is InChI=1S/C7H15N5S2/c1-12(2)3-4-13-5-6-7(9-8)14-11-10-6/h9H,3-5,8H2,1-2H3. The first-order valence-corrected chi connectivity index (χ1v) is 6.17. The molecule has 0 aliphatic carbocycles. The van der Waals surface area contributed by atoms with Crippen molar-refractivity contribution >= 4 is 28.3 Å². The molecule has 0 aliphatic rings. The maximum Gasteiger partial charge on any atom is 0.148 e. The highest BCUT2D eigenvalue weighted by Crippen LogP contribution is 2.20. The third-order valence-corrected chi connectivity index (χ3v) is 3.26. The number of nitrogens with one attached hydrogen (secondary N) is 1. The minimum absolute atomic E-state index is 0.863. The molecule has 0 unspecified atom stereocenters. The first kappa shape index (κ1) is 11.7. The summed E-state index contributed by atoms with van der Waals surface area (Å²) in [5.41, 5.74) is 3.54. The van der Waals surface area contributed by atoms with Gasteiger partial charge >= 0.3 is 0 Å². The molecule has 3 N–H and O–H groups in total. The van der Waals surface area contributed by atoms with Crippen LogP contribution >= 0.6 is 23.3 Å². The average molecular weight is 233 g/mol. The third kappa shape index (κ3) is 3.79. The van der Waals surface area contributed by atoms with Crippen molar-refractivity contribution in [2.45, 2.75) is 5.75 Å². The van der Waals surface area contributed by atoms with Crippen LogP contribution in [0.1, 0.15) is 5.69 Å². The van der Waals surface area contributed by atoms with E-state index in [2.05, 4.69) is 34.0 Å². The molecule has 0 fully saturated rings. The number of nitrogen functional groups attached to an aromatic ring is 1. The summed E-state index contributed by atoms with van der Waals surface area (Å²) in [5.74, 6) is 7.27. The number of hydrazine groups is 1. The van der Waals surface area contributed by atoms with Gasteiger partial charge in [-0.1, -0.05) is 4.49 Å². The van der Waals surface area contributed by atoms with Gasteiger partial charge in [-0.25, -0.2) is 5.84 Å². The zero-order chi connectivity index (χ0) is 10.4.